The summed E-state index contributed by atoms with van der Waals surface area (Å²) >= 11 is 3.05. The molecular formula is C12H13BrN2O5S. The number of aromatic carboxylic acids is 1. The molecule has 9 heteroatoms. The highest BCUT2D eigenvalue weighted by Gasteiger charge is 2.33. The molecule has 0 radical (unpaired) electrons. The van der Waals surface area contributed by atoms with E-state index in [1.807, 2.05) is 0 Å². The lowest BCUT2D eigenvalue weighted by molar-refractivity contribution is -0.127. The van der Waals surface area contributed by atoms with Crippen LogP contribution in [0.5, 0.6) is 0 Å². The highest BCUT2D eigenvalue weighted by atomic mass is 79.9. The number of nitrogens with zero attached hydrogens (tertiary/aromatic N) is 1. The molecule has 21 heavy (non-hydrogen) atoms. The van der Waals surface area contributed by atoms with Gasteiger partial charge in [0.25, 0.3) is 0 Å². The molecule has 0 aliphatic carbocycles. The summed E-state index contributed by atoms with van der Waals surface area (Å²) in [6.45, 7) is 0.479. The van der Waals surface area contributed by atoms with Gasteiger partial charge in [0, 0.05) is 18.1 Å². The van der Waals surface area contributed by atoms with Crippen LogP contribution in [0.25, 0.3) is 0 Å². The summed E-state index contributed by atoms with van der Waals surface area (Å²) in [5.74, 6) is -1.54. The molecule has 1 fully saturated rings. The third-order valence-electron chi connectivity index (χ3n) is 3.20. The van der Waals surface area contributed by atoms with E-state index in [4.69, 9.17) is 5.11 Å². The number of likely N-dealkylation sites (N-methyl/N-ethyl adjacent to an activating group) is 1. The predicted molar refractivity (Wildman–Crippen MR) is 77.5 cm³/mol. The van der Waals surface area contributed by atoms with Gasteiger partial charge in [0.2, 0.25) is 15.9 Å². The van der Waals surface area contributed by atoms with E-state index in [-0.39, 0.29) is 20.8 Å². The number of benzene rings is 1. The maximum atomic E-state index is 12.2. The van der Waals surface area contributed by atoms with Gasteiger partial charge in [-0.05, 0) is 40.5 Å². The van der Waals surface area contributed by atoms with Gasteiger partial charge in [-0.25, -0.2) is 13.2 Å². The number of likely N-dealkylation sites (tertiary alicyclic amines) is 1. The maximum Gasteiger partial charge on any atom is 0.336 e. The van der Waals surface area contributed by atoms with Gasteiger partial charge in [0.05, 0.1) is 10.5 Å². The van der Waals surface area contributed by atoms with Crippen molar-refractivity contribution in [3.05, 3.63) is 28.2 Å². The van der Waals surface area contributed by atoms with Crippen molar-refractivity contribution in [2.24, 2.45) is 0 Å². The zero-order chi connectivity index (χ0) is 15.8. The first-order valence-electron chi connectivity index (χ1n) is 6.02. The number of carbonyl (C=O) groups is 2. The molecule has 0 spiro atoms. The Balaban J connectivity index is 2.30. The number of carboxylic acids is 1. The zero-order valence-corrected chi connectivity index (χ0v) is 13.4. The van der Waals surface area contributed by atoms with Crippen molar-refractivity contribution in [3.8, 4) is 0 Å². The van der Waals surface area contributed by atoms with Crippen molar-refractivity contribution in [3.63, 3.8) is 0 Å². The first-order valence-corrected chi connectivity index (χ1v) is 8.30. The molecule has 0 aromatic heterocycles. The molecule has 0 saturated carbocycles. The summed E-state index contributed by atoms with van der Waals surface area (Å²) < 4.78 is 27.1. The van der Waals surface area contributed by atoms with Crippen LogP contribution in [0.3, 0.4) is 0 Å². The second kappa shape index (κ2) is 5.74. The SMILES string of the molecule is CN1CCC(NS(=O)(=O)c2ccc(Br)c(C(=O)O)c2)C1=O. The Labute approximate surface area is 130 Å². The lowest BCUT2D eigenvalue weighted by Gasteiger charge is -2.13. The number of carboxylic acid groups (broad SMARTS) is 1. The number of nitrogens with one attached hydrogen (secondary N) is 1. The van der Waals surface area contributed by atoms with Crippen LogP contribution < -0.4 is 4.72 Å². The van der Waals surface area contributed by atoms with Crippen LogP contribution in [0.1, 0.15) is 16.8 Å². The average Bonchev–Trinajstić information content (AvgIpc) is 2.70. The molecule has 1 amide bonds. The van der Waals surface area contributed by atoms with Crippen molar-refractivity contribution in [1.29, 1.82) is 0 Å². The second-order valence-corrected chi connectivity index (χ2v) is 7.24. The molecule has 1 saturated heterocycles. The minimum atomic E-state index is -3.95. The molecule has 1 aromatic rings. The van der Waals surface area contributed by atoms with Crippen LogP contribution in [-0.2, 0) is 14.8 Å². The van der Waals surface area contributed by atoms with E-state index >= 15 is 0 Å². The van der Waals surface area contributed by atoms with Crippen LogP contribution in [0.4, 0.5) is 0 Å². The van der Waals surface area contributed by atoms with Gasteiger partial charge in [0.15, 0.2) is 0 Å². The highest BCUT2D eigenvalue weighted by Crippen LogP contribution is 2.22. The van der Waals surface area contributed by atoms with Crippen molar-refractivity contribution >= 4 is 37.8 Å². The molecule has 1 heterocycles. The molecule has 1 aliphatic heterocycles. The number of hydrogen-bond acceptors (Lipinski definition) is 4. The van der Waals surface area contributed by atoms with E-state index in [1.54, 1.807) is 7.05 Å². The van der Waals surface area contributed by atoms with Gasteiger partial charge in [0.1, 0.15) is 6.04 Å². The number of rotatable bonds is 4. The molecule has 1 aromatic carbocycles. The fraction of sp³-hybridized carbons (Fsp3) is 0.333. The second-order valence-electron chi connectivity index (χ2n) is 4.67. The maximum absolute atomic E-state index is 12.2. The predicted octanol–water partition coefficient (Wildman–Crippen LogP) is 0.656. The number of sulfonamides is 1. The Morgan fingerprint density at radius 3 is 2.67 bits per heavy atom. The van der Waals surface area contributed by atoms with E-state index in [2.05, 4.69) is 20.7 Å². The Morgan fingerprint density at radius 2 is 2.14 bits per heavy atom. The minimum absolute atomic E-state index is 0.159. The van der Waals surface area contributed by atoms with E-state index in [1.165, 1.54) is 17.0 Å². The molecule has 0 bridgehead atoms. The quantitative estimate of drug-likeness (QED) is 0.802. The standard InChI is InChI=1S/C12H13BrN2O5S/c1-15-5-4-10(11(15)16)14-21(19,20)7-2-3-9(13)8(6-7)12(17)18/h2-3,6,10,14H,4-5H2,1H3,(H,17,18). The fourth-order valence-electron chi connectivity index (χ4n) is 2.02. The van der Waals surface area contributed by atoms with Crippen molar-refractivity contribution in [2.45, 2.75) is 17.4 Å². The average molecular weight is 377 g/mol. The van der Waals surface area contributed by atoms with Gasteiger partial charge in [-0.3, -0.25) is 4.79 Å². The Morgan fingerprint density at radius 1 is 1.48 bits per heavy atom. The van der Waals surface area contributed by atoms with E-state index < -0.39 is 22.0 Å². The van der Waals surface area contributed by atoms with Crippen LogP contribution in [-0.4, -0.2) is 49.9 Å². The van der Waals surface area contributed by atoms with Crippen molar-refractivity contribution in [2.75, 3.05) is 13.6 Å². The van der Waals surface area contributed by atoms with E-state index in [0.717, 1.165) is 6.07 Å². The molecule has 1 unspecified atom stereocenters. The normalized spacial score (nSPS) is 19.0. The fourth-order valence-corrected chi connectivity index (χ4v) is 3.69. The molecule has 7 nitrogen and oxygen atoms in total. The molecule has 2 rings (SSSR count). The summed E-state index contributed by atoms with van der Waals surface area (Å²) in [5, 5.41) is 9.01. The van der Waals surface area contributed by atoms with Gasteiger partial charge in [-0.15, -0.1) is 0 Å². The number of halogens is 1. The van der Waals surface area contributed by atoms with Crippen LogP contribution >= 0.6 is 15.9 Å². The van der Waals surface area contributed by atoms with Crippen LogP contribution in [0, 0.1) is 0 Å². The largest absolute Gasteiger partial charge is 0.478 e. The van der Waals surface area contributed by atoms with Crippen LogP contribution in [0.2, 0.25) is 0 Å². The van der Waals surface area contributed by atoms with Crippen LogP contribution in [0.15, 0.2) is 27.6 Å². The molecule has 1 aliphatic rings. The Bertz CT molecular complexity index is 704. The summed E-state index contributed by atoms with van der Waals surface area (Å²) in [6.07, 6.45) is 0.386. The van der Waals surface area contributed by atoms with Gasteiger partial charge in [-0.2, -0.15) is 4.72 Å². The summed E-state index contributed by atoms with van der Waals surface area (Å²) in [7, 11) is -2.36. The third kappa shape index (κ3) is 3.25. The molecular weight excluding hydrogens is 364 g/mol. The lowest BCUT2D eigenvalue weighted by atomic mass is 10.2. The molecule has 114 valence electrons. The monoisotopic (exact) mass is 376 g/mol. The molecule has 1 atom stereocenters. The third-order valence-corrected chi connectivity index (χ3v) is 5.36. The summed E-state index contributed by atoms with van der Waals surface area (Å²) in [4.78, 5) is 24.0. The van der Waals surface area contributed by atoms with E-state index in [0.29, 0.717) is 13.0 Å². The Kier molecular flexibility index (Phi) is 4.35. The number of hydrogen-bond donors (Lipinski definition) is 2. The smallest absolute Gasteiger partial charge is 0.336 e. The topological polar surface area (TPSA) is 104 Å². The van der Waals surface area contributed by atoms with Gasteiger partial charge < -0.3 is 10.0 Å². The van der Waals surface area contributed by atoms with Gasteiger partial charge in [-0.1, -0.05) is 0 Å². The lowest BCUT2D eigenvalue weighted by Crippen LogP contribution is -2.40. The first kappa shape index (κ1) is 15.9. The van der Waals surface area contributed by atoms with E-state index in [9.17, 15) is 18.0 Å². The van der Waals surface area contributed by atoms with Crippen molar-refractivity contribution < 1.29 is 23.1 Å². The highest BCUT2D eigenvalue weighted by molar-refractivity contribution is 9.10. The Hall–Kier alpha value is -1.45. The number of carbonyl (C=O) groups excluding carboxylic acids is 1. The number of amides is 1. The molecule has 2 N–H and O–H groups in total. The minimum Gasteiger partial charge on any atom is -0.478 e. The van der Waals surface area contributed by atoms with Crippen molar-refractivity contribution in [1.82, 2.24) is 9.62 Å². The summed E-state index contributed by atoms with van der Waals surface area (Å²) in [5.41, 5.74) is -0.159. The summed E-state index contributed by atoms with van der Waals surface area (Å²) in [6, 6.07) is 2.87. The zero-order valence-electron chi connectivity index (χ0n) is 11.0. The van der Waals surface area contributed by atoms with Gasteiger partial charge >= 0.3 is 5.97 Å². The first-order chi connectivity index (χ1) is 9.72.